The molecule has 1 aromatic heterocycles. The zero-order chi connectivity index (χ0) is 11.1. The van der Waals surface area contributed by atoms with Crippen LogP contribution in [0.25, 0.3) is 0 Å². The van der Waals surface area contributed by atoms with Gasteiger partial charge in [-0.3, -0.25) is 0 Å². The van der Waals surface area contributed by atoms with E-state index in [1.54, 1.807) is 0 Å². The predicted molar refractivity (Wildman–Crippen MR) is 52.0 cm³/mol. The molecule has 1 heterocycles. The Morgan fingerprint density at radius 2 is 2.21 bits per heavy atom. The molecule has 0 aliphatic heterocycles. The van der Waals surface area contributed by atoms with Gasteiger partial charge in [0.15, 0.2) is 0 Å². The maximum atomic E-state index is 9.45. The van der Waals surface area contributed by atoms with Gasteiger partial charge in [0.25, 0.3) is 0 Å². The Labute approximate surface area is 82.8 Å². The van der Waals surface area contributed by atoms with Crippen LogP contribution in [0.4, 0.5) is 0 Å². The van der Waals surface area contributed by atoms with Gasteiger partial charge in [-0.25, -0.2) is 9.78 Å². The predicted octanol–water partition coefficient (Wildman–Crippen LogP) is 0.732. The summed E-state index contributed by atoms with van der Waals surface area (Å²) in [6.07, 6.45) is 1.61. The van der Waals surface area contributed by atoms with Crippen LogP contribution < -0.4 is 0 Å². The molecular formula is C9H16N2O3. The summed E-state index contributed by atoms with van der Waals surface area (Å²) in [5.41, 5.74) is 1.14. The molecule has 0 aliphatic carbocycles. The molecule has 14 heavy (non-hydrogen) atoms. The lowest BCUT2D eigenvalue weighted by Crippen LogP contribution is -2.13. The van der Waals surface area contributed by atoms with E-state index in [1.807, 2.05) is 13.1 Å². The summed E-state index contributed by atoms with van der Waals surface area (Å²) in [5, 5.41) is 15.8. The Morgan fingerprint density at radius 3 is 2.36 bits per heavy atom. The van der Waals surface area contributed by atoms with Crippen molar-refractivity contribution in [2.75, 3.05) is 0 Å². The van der Waals surface area contributed by atoms with E-state index >= 15 is 0 Å². The van der Waals surface area contributed by atoms with Crippen LogP contribution in [0.3, 0.4) is 0 Å². The van der Waals surface area contributed by atoms with Gasteiger partial charge < -0.3 is 15.2 Å². The smallest absolute Gasteiger partial charge is 0.332 e. The summed E-state index contributed by atoms with van der Waals surface area (Å²) in [6, 6.07) is 0. The van der Waals surface area contributed by atoms with Crippen molar-refractivity contribution in [3.8, 4) is 0 Å². The van der Waals surface area contributed by atoms with Crippen LogP contribution in [-0.4, -0.2) is 32.3 Å². The van der Waals surface area contributed by atoms with E-state index in [1.165, 1.54) is 6.92 Å². The number of H-pyrrole nitrogens is 1. The molecule has 0 radical (unpaired) electrons. The topological polar surface area (TPSA) is 86.2 Å². The summed E-state index contributed by atoms with van der Waals surface area (Å²) in [4.78, 5) is 16.6. The summed E-state index contributed by atoms with van der Waals surface area (Å²) in [6.45, 7) is 5.28. The molecule has 0 aliphatic rings. The first-order valence-corrected chi connectivity index (χ1v) is 4.38. The summed E-state index contributed by atoms with van der Waals surface area (Å²) in [5.74, 6) is -0.113. The fraction of sp³-hybridized carbons (Fsp3) is 0.556. The number of aliphatic carboxylic acids is 1. The Balaban J connectivity index is 0.000000255. The lowest BCUT2D eigenvalue weighted by atomic mass is 10.4. The van der Waals surface area contributed by atoms with Gasteiger partial charge in [-0.05, 0) is 13.8 Å². The first-order valence-electron chi connectivity index (χ1n) is 4.38. The number of aliphatic hydroxyl groups excluding tert-OH is 1. The number of hydrogen-bond acceptors (Lipinski definition) is 3. The summed E-state index contributed by atoms with van der Waals surface area (Å²) < 4.78 is 0. The second kappa shape index (κ2) is 6.15. The quantitative estimate of drug-likeness (QED) is 0.657. The van der Waals surface area contributed by atoms with Gasteiger partial charge in [-0.1, -0.05) is 6.92 Å². The third-order valence-corrected chi connectivity index (χ3v) is 1.45. The molecule has 3 N–H and O–H groups in total. The van der Waals surface area contributed by atoms with E-state index in [9.17, 15) is 4.79 Å². The fourth-order valence-corrected chi connectivity index (χ4v) is 0.647. The van der Waals surface area contributed by atoms with Crippen molar-refractivity contribution in [2.24, 2.45) is 0 Å². The maximum Gasteiger partial charge on any atom is 0.332 e. The highest BCUT2D eigenvalue weighted by atomic mass is 16.4. The zero-order valence-corrected chi connectivity index (χ0v) is 8.61. The Morgan fingerprint density at radius 1 is 1.71 bits per heavy atom. The van der Waals surface area contributed by atoms with E-state index < -0.39 is 12.1 Å². The fourth-order valence-electron chi connectivity index (χ4n) is 0.647. The highest BCUT2D eigenvalue weighted by Gasteiger charge is 2.01. The SMILES string of the molecule is CC(O)C(=O)O.CCc1ncc(C)[nH]1. The summed E-state index contributed by atoms with van der Waals surface area (Å²) in [7, 11) is 0. The molecule has 1 atom stereocenters. The molecule has 5 nitrogen and oxygen atoms in total. The van der Waals surface area contributed by atoms with Crippen molar-refractivity contribution < 1.29 is 15.0 Å². The van der Waals surface area contributed by atoms with E-state index in [2.05, 4.69) is 16.9 Å². The van der Waals surface area contributed by atoms with Crippen molar-refractivity contribution in [3.05, 3.63) is 17.7 Å². The molecule has 0 spiro atoms. The molecule has 1 unspecified atom stereocenters. The number of aryl methyl sites for hydroxylation is 2. The van der Waals surface area contributed by atoms with Crippen LogP contribution in [-0.2, 0) is 11.2 Å². The number of nitrogens with zero attached hydrogens (tertiary/aromatic N) is 1. The Kier molecular flexibility index (Phi) is 5.55. The monoisotopic (exact) mass is 200 g/mol. The van der Waals surface area contributed by atoms with Gasteiger partial charge in [0.1, 0.15) is 11.9 Å². The molecule has 1 rings (SSSR count). The number of hydrogen-bond donors (Lipinski definition) is 3. The number of nitrogens with one attached hydrogen (secondary N) is 1. The molecule has 0 bridgehead atoms. The van der Waals surface area contributed by atoms with Gasteiger partial charge in [0.2, 0.25) is 0 Å². The number of carboxylic acids is 1. The third kappa shape index (κ3) is 5.31. The average molecular weight is 200 g/mol. The van der Waals surface area contributed by atoms with Crippen LogP contribution in [0.15, 0.2) is 6.20 Å². The van der Waals surface area contributed by atoms with Crippen molar-refractivity contribution in [3.63, 3.8) is 0 Å². The second-order valence-electron chi connectivity index (χ2n) is 2.88. The third-order valence-electron chi connectivity index (χ3n) is 1.45. The largest absolute Gasteiger partial charge is 0.479 e. The maximum absolute atomic E-state index is 9.45. The highest BCUT2D eigenvalue weighted by Crippen LogP contribution is 1.93. The Bertz CT molecular complexity index is 281. The lowest BCUT2D eigenvalue weighted by molar-refractivity contribution is -0.145. The lowest BCUT2D eigenvalue weighted by Gasteiger charge is -1.89. The molecule has 0 aromatic carbocycles. The van der Waals surface area contributed by atoms with Crippen LogP contribution in [0, 0.1) is 6.92 Å². The number of aromatic amines is 1. The first-order chi connectivity index (χ1) is 6.47. The van der Waals surface area contributed by atoms with E-state index in [0.717, 1.165) is 17.9 Å². The van der Waals surface area contributed by atoms with Crippen molar-refractivity contribution in [1.29, 1.82) is 0 Å². The van der Waals surface area contributed by atoms with Crippen LogP contribution >= 0.6 is 0 Å². The molecule has 0 saturated heterocycles. The van der Waals surface area contributed by atoms with E-state index in [-0.39, 0.29) is 0 Å². The summed E-state index contributed by atoms with van der Waals surface area (Å²) >= 11 is 0. The van der Waals surface area contributed by atoms with Crippen LogP contribution in [0.1, 0.15) is 25.4 Å². The normalized spacial score (nSPS) is 11.4. The molecule has 80 valence electrons. The number of carbonyl (C=O) groups is 1. The number of imidazole rings is 1. The molecule has 1 aromatic rings. The number of aromatic nitrogens is 2. The Hall–Kier alpha value is -1.36. The minimum atomic E-state index is -1.23. The van der Waals surface area contributed by atoms with Gasteiger partial charge in [-0.2, -0.15) is 0 Å². The molecular weight excluding hydrogens is 184 g/mol. The standard InChI is InChI=1S/C6H10N2.C3H6O3/c1-3-6-7-4-5(2)8-6;1-2(4)3(5)6/h4H,3H2,1-2H3,(H,7,8);2,4H,1H3,(H,5,6). The zero-order valence-electron chi connectivity index (χ0n) is 8.61. The van der Waals surface area contributed by atoms with Crippen LogP contribution in [0.2, 0.25) is 0 Å². The molecule has 0 saturated carbocycles. The minimum absolute atomic E-state index is 0.994. The van der Waals surface area contributed by atoms with Crippen molar-refractivity contribution in [1.82, 2.24) is 9.97 Å². The average Bonchev–Trinajstić information content (AvgIpc) is 2.52. The van der Waals surface area contributed by atoms with E-state index in [0.29, 0.717) is 0 Å². The number of carboxylic acid groups (broad SMARTS) is 1. The van der Waals surface area contributed by atoms with Gasteiger partial charge in [0, 0.05) is 18.3 Å². The highest BCUT2D eigenvalue weighted by molar-refractivity contribution is 5.71. The molecule has 0 fully saturated rings. The van der Waals surface area contributed by atoms with Gasteiger partial charge in [-0.15, -0.1) is 0 Å². The van der Waals surface area contributed by atoms with Crippen LogP contribution in [0.5, 0.6) is 0 Å². The molecule has 5 heteroatoms. The number of rotatable bonds is 2. The van der Waals surface area contributed by atoms with Gasteiger partial charge in [0.05, 0.1) is 0 Å². The van der Waals surface area contributed by atoms with E-state index in [4.69, 9.17) is 10.2 Å². The first kappa shape index (κ1) is 12.6. The minimum Gasteiger partial charge on any atom is -0.479 e. The van der Waals surface area contributed by atoms with Crippen molar-refractivity contribution in [2.45, 2.75) is 33.3 Å². The van der Waals surface area contributed by atoms with Gasteiger partial charge >= 0.3 is 5.97 Å². The second-order valence-corrected chi connectivity index (χ2v) is 2.88. The van der Waals surface area contributed by atoms with Crippen molar-refractivity contribution >= 4 is 5.97 Å². The number of aliphatic hydroxyl groups is 1. The molecule has 0 amide bonds.